The van der Waals surface area contributed by atoms with Gasteiger partial charge in [0.1, 0.15) is 16.7 Å². The highest BCUT2D eigenvalue weighted by Crippen LogP contribution is 2.37. The van der Waals surface area contributed by atoms with Crippen molar-refractivity contribution in [2.24, 2.45) is 0 Å². The van der Waals surface area contributed by atoms with E-state index in [2.05, 4.69) is 12.1 Å². The summed E-state index contributed by atoms with van der Waals surface area (Å²) < 4.78 is 6.03. The average Bonchev–Trinajstić information content (AvgIpc) is 2.84. The van der Waals surface area contributed by atoms with E-state index in [9.17, 15) is 15.0 Å². The molecule has 4 nitrogen and oxygen atoms in total. The Morgan fingerprint density at radius 2 is 1.21 bits per heavy atom. The van der Waals surface area contributed by atoms with E-state index in [0.717, 1.165) is 23.1 Å². The lowest BCUT2D eigenvalue weighted by Gasteiger charge is -2.11. The lowest BCUT2D eigenvalue weighted by molar-refractivity contribution is 0.403. The van der Waals surface area contributed by atoms with Crippen LogP contribution in [0.3, 0.4) is 0 Å². The summed E-state index contributed by atoms with van der Waals surface area (Å²) in [5, 5.41) is 21.0. The molecule has 0 aliphatic heterocycles. The molecule has 2 N–H and O–H groups in total. The van der Waals surface area contributed by atoms with Gasteiger partial charge in [0.05, 0.1) is 0 Å². The van der Waals surface area contributed by atoms with E-state index in [1.54, 1.807) is 6.07 Å². The van der Waals surface area contributed by atoms with Crippen molar-refractivity contribution >= 4 is 11.0 Å². The highest BCUT2D eigenvalue weighted by molar-refractivity contribution is 5.88. The van der Waals surface area contributed by atoms with Crippen molar-refractivity contribution in [3.05, 3.63) is 130 Å². The average molecular weight is 434 g/mol. The van der Waals surface area contributed by atoms with Gasteiger partial charge in [0, 0.05) is 23.6 Å². The van der Waals surface area contributed by atoms with Gasteiger partial charge >= 0.3 is 0 Å². The van der Waals surface area contributed by atoms with Crippen LogP contribution in [-0.4, -0.2) is 10.2 Å². The Morgan fingerprint density at radius 3 is 1.85 bits per heavy atom. The van der Waals surface area contributed by atoms with Crippen LogP contribution in [-0.2, 0) is 12.8 Å². The first-order valence-electron chi connectivity index (χ1n) is 10.8. The molecule has 5 rings (SSSR count). The molecule has 33 heavy (non-hydrogen) atoms. The third-order valence-electron chi connectivity index (χ3n) is 5.77. The number of aromatic hydroxyl groups is 2. The minimum Gasteiger partial charge on any atom is -0.504 e. The van der Waals surface area contributed by atoms with Crippen molar-refractivity contribution in [3.8, 4) is 22.8 Å². The molecule has 162 valence electrons. The third kappa shape index (κ3) is 4.23. The minimum atomic E-state index is -0.447. The van der Waals surface area contributed by atoms with Gasteiger partial charge in [-0.25, -0.2) is 0 Å². The lowest BCUT2D eigenvalue weighted by atomic mass is 10.0. The van der Waals surface area contributed by atoms with Gasteiger partial charge in [-0.1, -0.05) is 84.9 Å². The summed E-state index contributed by atoms with van der Waals surface area (Å²) in [6.45, 7) is 0. The number of benzene rings is 4. The lowest BCUT2D eigenvalue weighted by Crippen LogP contribution is -2.02. The molecule has 0 aliphatic rings. The summed E-state index contributed by atoms with van der Waals surface area (Å²) >= 11 is 0. The Labute approximate surface area is 191 Å². The Hall–Kier alpha value is -4.31. The maximum Gasteiger partial charge on any atom is 0.197 e. The van der Waals surface area contributed by atoms with Gasteiger partial charge in [-0.3, -0.25) is 4.79 Å². The van der Waals surface area contributed by atoms with Crippen LogP contribution in [0.5, 0.6) is 11.5 Å². The summed E-state index contributed by atoms with van der Waals surface area (Å²) in [6.07, 6.45) is 1.22. The zero-order valence-electron chi connectivity index (χ0n) is 17.9. The predicted molar refractivity (Wildman–Crippen MR) is 130 cm³/mol. The van der Waals surface area contributed by atoms with Crippen LogP contribution in [0.4, 0.5) is 0 Å². The molecule has 4 heteroatoms. The highest BCUT2D eigenvalue weighted by Gasteiger charge is 2.18. The molecule has 1 aromatic heterocycles. The molecule has 0 fully saturated rings. The topological polar surface area (TPSA) is 70.7 Å². The van der Waals surface area contributed by atoms with E-state index in [1.807, 2.05) is 72.8 Å². The first-order valence-corrected chi connectivity index (χ1v) is 10.8. The molecule has 4 aromatic carbocycles. The maximum absolute atomic E-state index is 12.8. The van der Waals surface area contributed by atoms with Crippen LogP contribution < -0.4 is 5.43 Å². The molecule has 0 atom stereocenters. The number of phenolic OH excluding ortho intramolecular Hbond substituents is 2. The van der Waals surface area contributed by atoms with Crippen LogP contribution in [0.1, 0.15) is 22.3 Å². The van der Waals surface area contributed by atoms with E-state index in [1.165, 1.54) is 11.6 Å². The van der Waals surface area contributed by atoms with Crippen LogP contribution >= 0.6 is 0 Å². The van der Waals surface area contributed by atoms with Gasteiger partial charge in [0.15, 0.2) is 16.9 Å². The molecule has 0 saturated carbocycles. The summed E-state index contributed by atoms with van der Waals surface area (Å²) in [5.41, 5.74) is 4.45. The third-order valence-corrected chi connectivity index (χ3v) is 5.77. The summed E-state index contributed by atoms with van der Waals surface area (Å²) in [7, 11) is 0. The van der Waals surface area contributed by atoms with E-state index < -0.39 is 11.2 Å². The molecule has 0 amide bonds. The van der Waals surface area contributed by atoms with Crippen molar-refractivity contribution in [1.82, 2.24) is 0 Å². The SMILES string of the molecule is O=c1cc(-c2ccc(Cc3ccccc3)cc2)oc2cc(Cc3ccccc3)c(O)c(O)c12. The zero-order chi connectivity index (χ0) is 22.8. The van der Waals surface area contributed by atoms with Crippen molar-refractivity contribution < 1.29 is 14.6 Å². The first kappa shape index (κ1) is 20.6. The molecule has 1 heterocycles. The number of hydrogen-bond donors (Lipinski definition) is 2. The van der Waals surface area contributed by atoms with E-state index in [4.69, 9.17) is 4.42 Å². The second-order valence-electron chi connectivity index (χ2n) is 8.10. The number of fused-ring (bicyclic) bond motifs is 1. The Kier molecular flexibility index (Phi) is 5.41. The number of rotatable bonds is 5. The number of hydrogen-bond acceptors (Lipinski definition) is 4. The second-order valence-corrected chi connectivity index (χ2v) is 8.10. The predicted octanol–water partition coefficient (Wildman–Crippen LogP) is 6.05. The zero-order valence-corrected chi connectivity index (χ0v) is 17.9. The fourth-order valence-electron chi connectivity index (χ4n) is 4.05. The summed E-state index contributed by atoms with van der Waals surface area (Å²) in [5.74, 6) is -0.330. The number of phenols is 2. The van der Waals surface area contributed by atoms with Gasteiger partial charge in [0.25, 0.3) is 0 Å². The summed E-state index contributed by atoms with van der Waals surface area (Å²) in [4.78, 5) is 12.8. The monoisotopic (exact) mass is 434 g/mol. The van der Waals surface area contributed by atoms with Crippen LogP contribution in [0.2, 0.25) is 0 Å². The largest absolute Gasteiger partial charge is 0.504 e. The van der Waals surface area contributed by atoms with Gasteiger partial charge < -0.3 is 14.6 Å². The van der Waals surface area contributed by atoms with Crippen molar-refractivity contribution in [2.75, 3.05) is 0 Å². The smallest absolute Gasteiger partial charge is 0.197 e. The standard InChI is InChI=1S/C29H22O4/c30-24-18-25(22-13-11-21(12-14-22)15-19-7-3-1-4-8-19)33-26-17-23(28(31)29(32)27(24)26)16-20-9-5-2-6-10-20/h1-14,17-18,31-32H,15-16H2. The van der Waals surface area contributed by atoms with Gasteiger partial charge in [-0.15, -0.1) is 0 Å². The Morgan fingerprint density at radius 1 is 0.636 bits per heavy atom. The second kappa shape index (κ2) is 8.67. The van der Waals surface area contributed by atoms with E-state index in [0.29, 0.717) is 17.7 Å². The Bertz CT molecular complexity index is 1470. The van der Waals surface area contributed by atoms with Crippen molar-refractivity contribution in [3.63, 3.8) is 0 Å². The fourth-order valence-corrected chi connectivity index (χ4v) is 4.05. The Balaban J connectivity index is 1.51. The van der Waals surface area contributed by atoms with Gasteiger partial charge in [-0.05, 0) is 29.2 Å². The van der Waals surface area contributed by atoms with Crippen LogP contribution in [0.25, 0.3) is 22.3 Å². The molecule has 0 spiro atoms. The molecule has 0 aliphatic carbocycles. The molecule has 0 radical (unpaired) electrons. The minimum absolute atomic E-state index is 0.0197. The van der Waals surface area contributed by atoms with Crippen LogP contribution in [0.15, 0.2) is 106 Å². The first-order chi connectivity index (χ1) is 16.1. The van der Waals surface area contributed by atoms with Gasteiger partial charge in [-0.2, -0.15) is 0 Å². The molecule has 5 aromatic rings. The maximum atomic E-state index is 12.8. The fraction of sp³-hybridized carbons (Fsp3) is 0.0690. The summed E-state index contributed by atoms with van der Waals surface area (Å²) in [6, 6.07) is 30.7. The molecule has 0 bridgehead atoms. The molecule has 0 saturated heterocycles. The van der Waals surface area contributed by atoms with E-state index in [-0.39, 0.29) is 16.7 Å². The highest BCUT2D eigenvalue weighted by atomic mass is 16.3. The molecular formula is C29H22O4. The van der Waals surface area contributed by atoms with Crippen molar-refractivity contribution in [2.45, 2.75) is 12.8 Å². The molecule has 0 unspecified atom stereocenters. The molecular weight excluding hydrogens is 412 g/mol. The van der Waals surface area contributed by atoms with E-state index >= 15 is 0 Å². The quantitative estimate of drug-likeness (QED) is 0.330. The van der Waals surface area contributed by atoms with Crippen LogP contribution in [0, 0.1) is 0 Å². The van der Waals surface area contributed by atoms with Gasteiger partial charge in [0.2, 0.25) is 0 Å². The van der Waals surface area contributed by atoms with Crippen molar-refractivity contribution in [1.29, 1.82) is 0 Å². The normalized spacial score (nSPS) is 11.0.